The summed E-state index contributed by atoms with van der Waals surface area (Å²) in [5.41, 5.74) is 1.55. The van der Waals surface area contributed by atoms with Crippen molar-refractivity contribution in [1.29, 1.82) is 0 Å². The van der Waals surface area contributed by atoms with Crippen LogP contribution in [-0.4, -0.2) is 18.5 Å². The van der Waals surface area contributed by atoms with Gasteiger partial charge in [0.2, 0.25) is 0 Å². The van der Waals surface area contributed by atoms with E-state index in [1.54, 1.807) is 5.70 Å². The molecule has 1 unspecified atom stereocenters. The van der Waals surface area contributed by atoms with Gasteiger partial charge >= 0.3 is 0 Å². The van der Waals surface area contributed by atoms with E-state index >= 15 is 0 Å². The molecule has 0 N–H and O–H groups in total. The molecule has 0 aromatic carbocycles. The fourth-order valence-electron chi connectivity index (χ4n) is 2.07. The number of rotatable bonds is 0. The van der Waals surface area contributed by atoms with Crippen molar-refractivity contribution < 1.29 is 0 Å². The van der Waals surface area contributed by atoms with E-state index in [4.69, 9.17) is 0 Å². The molecule has 0 aromatic heterocycles. The first-order valence-electron chi connectivity index (χ1n) is 4.46. The SMILES string of the molecule is CN1CCCC2CC=CC=C21. The van der Waals surface area contributed by atoms with E-state index in [0.29, 0.717) is 0 Å². The van der Waals surface area contributed by atoms with Crippen molar-refractivity contribution in [2.24, 2.45) is 5.92 Å². The zero-order valence-corrected chi connectivity index (χ0v) is 7.09. The first kappa shape index (κ1) is 6.96. The number of likely N-dealkylation sites (tertiary alicyclic amines) is 1. The van der Waals surface area contributed by atoms with Crippen LogP contribution in [0.4, 0.5) is 0 Å². The summed E-state index contributed by atoms with van der Waals surface area (Å²) in [6.45, 7) is 1.25. The summed E-state index contributed by atoms with van der Waals surface area (Å²) in [7, 11) is 2.21. The summed E-state index contributed by atoms with van der Waals surface area (Å²) >= 11 is 0. The Morgan fingerprint density at radius 1 is 1.55 bits per heavy atom. The van der Waals surface area contributed by atoms with Gasteiger partial charge in [-0.15, -0.1) is 0 Å². The zero-order chi connectivity index (χ0) is 7.68. The molecule has 1 aliphatic heterocycles. The maximum Gasteiger partial charge on any atom is 0.0172 e. The van der Waals surface area contributed by atoms with Crippen LogP contribution in [0.1, 0.15) is 19.3 Å². The molecule has 1 heterocycles. The van der Waals surface area contributed by atoms with E-state index in [-0.39, 0.29) is 0 Å². The summed E-state index contributed by atoms with van der Waals surface area (Å²) in [6, 6.07) is 0. The maximum absolute atomic E-state index is 2.40. The second-order valence-corrected chi connectivity index (χ2v) is 3.52. The summed E-state index contributed by atoms with van der Waals surface area (Å²) in [4.78, 5) is 2.40. The van der Waals surface area contributed by atoms with Crippen LogP contribution in [0.15, 0.2) is 23.9 Å². The average molecular weight is 149 g/mol. The molecule has 1 fully saturated rings. The quantitative estimate of drug-likeness (QED) is 0.510. The number of allylic oxidation sites excluding steroid dienone is 4. The van der Waals surface area contributed by atoms with Crippen molar-refractivity contribution in [2.45, 2.75) is 19.3 Å². The molecule has 0 bridgehead atoms. The highest BCUT2D eigenvalue weighted by Gasteiger charge is 2.22. The molecular weight excluding hydrogens is 134 g/mol. The van der Waals surface area contributed by atoms with Crippen molar-refractivity contribution in [3.8, 4) is 0 Å². The van der Waals surface area contributed by atoms with Gasteiger partial charge in [0.25, 0.3) is 0 Å². The Morgan fingerprint density at radius 3 is 3.27 bits per heavy atom. The molecule has 1 nitrogen and oxygen atoms in total. The highest BCUT2D eigenvalue weighted by molar-refractivity contribution is 5.21. The van der Waals surface area contributed by atoms with Crippen LogP contribution in [0.3, 0.4) is 0 Å². The monoisotopic (exact) mass is 149 g/mol. The number of nitrogens with zero attached hydrogens (tertiary/aromatic N) is 1. The van der Waals surface area contributed by atoms with Gasteiger partial charge < -0.3 is 4.90 Å². The largest absolute Gasteiger partial charge is 0.378 e. The smallest absolute Gasteiger partial charge is 0.0172 e. The van der Waals surface area contributed by atoms with E-state index in [1.807, 2.05) is 0 Å². The zero-order valence-electron chi connectivity index (χ0n) is 7.09. The van der Waals surface area contributed by atoms with Gasteiger partial charge in [0, 0.05) is 25.2 Å². The molecule has 2 aliphatic rings. The van der Waals surface area contributed by atoms with Crippen LogP contribution in [-0.2, 0) is 0 Å². The van der Waals surface area contributed by atoms with Crippen molar-refractivity contribution in [2.75, 3.05) is 13.6 Å². The first-order chi connectivity index (χ1) is 5.38. The molecule has 0 radical (unpaired) electrons. The lowest BCUT2D eigenvalue weighted by atomic mass is 9.88. The van der Waals surface area contributed by atoms with E-state index in [9.17, 15) is 0 Å². The molecular formula is C10H15N. The lowest BCUT2D eigenvalue weighted by Crippen LogP contribution is -2.30. The molecule has 60 valence electrons. The number of piperidine rings is 1. The van der Waals surface area contributed by atoms with Crippen molar-refractivity contribution in [3.63, 3.8) is 0 Å². The molecule has 0 spiro atoms. The molecule has 1 atom stereocenters. The van der Waals surface area contributed by atoms with Crippen LogP contribution in [0.2, 0.25) is 0 Å². The predicted octanol–water partition coefficient (Wildman–Crippen LogP) is 2.17. The van der Waals surface area contributed by atoms with Crippen molar-refractivity contribution >= 4 is 0 Å². The molecule has 11 heavy (non-hydrogen) atoms. The molecule has 0 aromatic rings. The Labute approximate surface area is 68.4 Å². The Bertz CT molecular complexity index is 203. The van der Waals surface area contributed by atoms with Crippen molar-refractivity contribution in [1.82, 2.24) is 4.90 Å². The van der Waals surface area contributed by atoms with Gasteiger partial charge in [-0.25, -0.2) is 0 Å². The first-order valence-corrected chi connectivity index (χ1v) is 4.46. The Balaban J connectivity index is 2.20. The van der Waals surface area contributed by atoms with Gasteiger partial charge in [0.1, 0.15) is 0 Å². The minimum absolute atomic E-state index is 0.832. The Hall–Kier alpha value is -0.720. The van der Waals surface area contributed by atoms with Gasteiger partial charge in [0.15, 0.2) is 0 Å². The second kappa shape index (κ2) is 2.72. The summed E-state index contributed by atoms with van der Waals surface area (Å²) in [5, 5.41) is 0. The molecule has 1 heteroatoms. The Morgan fingerprint density at radius 2 is 2.45 bits per heavy atom. The van der Waals surface area contributed by atoms with Gasteiger partial charge in [-0.1, -0.05) is 12.2 Å². The molecule has 2 rings (SSSR count). The van der Waals surface area contributed by atoms with E-state index in [0.717, 1.165) is 5.92 Å². The predicted molar refractivity (Wildman–Crippen MR) is 47.2 cm³/mol. The van der Waals surface area contributed by atoms with Crippen molar-refractivity contribution in [3.05, 3.63) is 23.9 Å². The highest BCUT2D eigenvalue weighted by Crippen LogP contribution is 2.30. The number of hydrogen-bond donors (Lipinski definition) is 0. The van der Waals surface area contributed by atoms with Gasteiger partial charge in [0.05, 0.1) is 0 Å². The van der Waals surface area contributed by atoms with Gasteiger partial charge in [-0.05, 0) is 25.3 Å². The standard InChI is InChI=1S/C10H15N/c1-11-8-4-6-9-5-2-3-7-10(9)11/h2-3,7,9H,4-6,8H2,1H3. The fourth-order valence-corrected chi connectivity index (χ4v) is 2.07. The molecule has 0 saturated carbocycles. The average Bonchev–Trinajstić information content (AvgIpc) is 2.06. The molecule has 1 aliphatic carbocycles. The molecule has 0 amide bonds. The minimum atomic E-state index is 0.832. The third kappa shape index (κ3) is 1.20. The normalized spacial score (nSPS) is 29.7. The van der Waals surface area contributed by atoms with E-state index in [1.165, 1.54) is 25.8 Å². The number of fused-ring (bicyclic) bond motifs is 1. The summed E-state index contributed by atoms with van der Waals surface area (Å²) in [5.74, 6) is 0.832. The fraction of sp³-hybridized carbons (Fsp3) is 0.600. The third-order valence-electron chi connectivity index (χ3n) is 2.73. The van der Waals surface area contributed by atoms with E-state index in [2.05, 4.69) is 30.2 Å². The number of hydrogen-bond acceptors (Lipinski definition) is 1. The minimum Gasteiger partial charge on any atom is -0.378 e. The third-order valence-corrected chi connectivity index (χ3v) is 2.73. The Kier molecular flexibility index (Phi) is 1.72. The topological polar surface area (TPSA) is 3.24 Å². The van der Waals surface area contributed by atoms with Gasteiger partial charge in [-0.3, -0.25) is 0 Å². The van der Waals surface area contributed by atoms with Crippen LogP contribution >= 0.6 is 0 Å². The second-order valence-electron chi connectivity index (χ2n) is 3.52. The van der Waals surface area contributed by atoms with Crippen LogP contribution in [0, 0.1) is 5.92 Å². The highest BCUT2D eigenvalue weighted by atomic mass is 15.1. The summed E-state index contributed by atoms with van der Waals surface area (Å²) < 4.78 is 0. The van der Waals surface area contributed by atoms with E-state index < -0.39 is 0 Å². The maximum atomic E-state index is 2.40. The lowest BCUT2D eigenvalue weighted by molar-refractivity contribution is 0.280. The van der Waals surface area contributed by atoms with Crippen LogP contribution in [0.5, 0.6) is 0 Å². The lowest BCUT2D eigenvalue weighted by Gasteiger charge is -2.35. The van der Waals surface area contributed by atoms with Crippen LogP contribution < -0.4 is 0 Å². The molecule has 1 saturated heterocycles. The summed E-state index contributed by atoms with van der Waals surface area (Å²) in [6.07, 6.45) is 10.8. The van der Waals surface area contributed by atoms with Crippen LogP contribution in [0.25, 0.3) is 0 Å². The van der Waals surface area contributed by atoms with Gasteiger partial charge in [-0.2, -0.15) is 0 Å².